The number of nitrogens with one attached hydrogen (secondary N) is 1. The van der Waals surface area contributed by atoms with E-state index in [1.165, 1.54) is 64.2 Å². The number of nitrogens with zero attached hydrogens (tertiary/aromatic N) is 1. The van der Waals surface area contributed by atoms with Gasteiger partial charge in [-0.25, -0.2) is 0 Å². The molecule has 0 saturated carbocycles. The smallest absolute Gasteiger partial charge is 0.128 e. The fourth-order valence-electron chi connectivity index (χ4n) is 4.08. The van der Waals surface area contributed by atoms with Gasteiger partial charge in [0.1, 0.15) is 11.6 Å². The molecule has 2 aromatic rings. The van der Waals surface area contributed by atoms with Gasteiger partial charge in [-0.3, -0.25) is 5.41 Å². The van der Waals surface area contributed by atoms with E-state index in [1.54, 1.807) is 0 Å². The molecule has 4 heteroatoms. The molecule has 0 aliphatic carbocycles. The second-order valence-corrected chi connectivity index (χ2v) is 8.25. The second kappa shape index (κ2) is 16.0. The number of rotatable bonds is 15. The Kier molecular flexibility index (Phi) is 14.1. The highest BCUT2D eigenvalue weighted by Crippen LogP contribution is 2.29. The van der Waals surface area contributed by atoms with Crippen LogP contribution in [0.4, 0.5) is 0 Å². The van der Waals surface area contributed by atoms with E-state index in [1.807, 2.05) is 13.0 Å². The van der Waals surface area contributed by atoms with Crippen LogP contribution in [0.15, 0.2) is 36.4 Å². The first-order valence-corrected chi connectivity index (χ1v) is 12.2. The molecule has 0 heterocycles. The third-order valence-corrected chi connectivity index (χ3v) is 5.82. The van der Waals surface area contributed by atoms with Crippen molar-refractivity contribution in [1.82, 2.24) is 4.90 Å². The maximum absolute atomic E-state index is 9.06. The molecule has 3 nitrogen and oxygen atoms in total. The minimum absolute atomic E-state index is 0. The fraction of sp³-hybridized carbons (Fsp3) is 0.593. The van der Waals surface area contributed by atoms with Gasteiger partial charge in [0.25, 0.3) is 0 Å². The normalized spacial score (nSPS) is 10.7. The van der Waals surface area contributed by atoms with Crippen LogP contribution in [-0.2, 0) is 0 Å². The Balaban J connectivity index is 0.00000480. The number of halogens is 1. The molecule has 0 amide bonds. The van der Waals surface area contributed by atoms with E-state index in [0.717, 1.165) is 35.2 Å². The minimum Gasteiger partial charge on any atom is -0.493 e. The molecule has 0 unspecified atom stereocenters. The predicted octanol–water partition coefficient (Wildman–Crippen LogP) is 8.23. The Hall–Kier alpha value is -1.74. The molecule has 0 aliphatic heterocycles. The summed E-state index contributed by atoms with van der Waals surface area (Å²) in [5, 5.41) is 11.3. The topological polar surface area (TPSA) is 36.3 Å². The lowest BCUT2D eigenvalue weighted by Crippen LogP contribution is -2.33. The molecule has 2 aromatic carbocycles. The van der Waals surface area contributed by atoms with E-state index in [0.29, 0.717) is 12.4 Å². The van der Waals surface area contributed by atoms with E-state index in [9.17, 15) is 0 Å². The summed E-state index contributed by atoms with van der Waals surface area (Å²) >= 11 is 0. The quantitative estimate of drug-likeness (QED) is 0.170. The molecule has 1 N–H and O–H groups in total. The van der Waals surface area contributed by atoms with Gasteiger partial charge in [0.05, 0.1) is 6.61 Å². The van der Waals surface area contributed by atoms with E-state index >= 15 is 0 Å². The first kappa shape index (κ1) is 27.3. The maximum atomic E-state index is 9.06. The highest BCUT2D eigenvalue weighted by molar-refractivity contribution is 6.09. The van der Waals surface area contributed by atoms with Gasteiger partial charge in [0.15, 0.2) is 0 Å². The van der Waals surface area contributed by atoms with E-state index in [2.05, 4.69) is 49.1 Å². The van der Waals surface area contributed by atoms with Crippen molar-refractivity contribution in [2.24, 2.45) is 0 Å². The highest BCUT2D eigenvalue weighted by atomic mass is 35.5. The predicted molar refractivity (Wildman–Crippen MR) is 138 cm³/mol. The van der Waals surface area contributed by atoms with Gasteiger partial charge in [0, 0.05) is 24.0 Å². The number of benzene rings is 2. The molecule has 174 valence electrons. The molecule has 2 rings (SSSR count). The van der Waals surface area contributed by atoms with Crippen LogP contribution in [0.1, 0.15) is 90.5 Å². The van der Waals surface area contributed by atoms with Crippen molar-refractivity contribution in [3.8, 4) is 5.75 Å². The Morgan fingerprint density at radius 1 is 0.742 bits per heavy atom. The standard InChI is InChI=1S/C27H42N2O.ClH/c1-4-7-9-11-15-21-29(22-16-12-10-8-5-2)27(28)25-19-20-26(30-6-3)24-18-14-13-17-23(24)25;/h13-14,17-20,28H,4-12,15-16,21-22H2,1-3H3;1H. The maximum Gasteiger partial charge on any atom is 0.128 e. The molecule has 0 spiro atoms. The van der Waals surface area contributed by atoms with Crippen LogP contribution in [0, 0.1) is 5.41 Å². The van der Waals surface area contributed by atoms with Crippen molar-refractivity contribution in [3.05, 3.63) is 42.0 Å². The number of fused-ring (bicyclic) bond motifs is 1. The zero-order valence-corrected chi connectivity index (χ0v) is 20.7. The zero-order chi connectivity index (χ0) is 21.6. The molecule has 0 radical (unpaired) electrons. The Bertz CT molecular complexity index is 748. The first-order valence-electron chi connectivity index (χ1n) is 12.2. The first-order chi connectivity index (χ1) is 14.7. The van der Waals surface area contributed by atoms with Crippen molar-refractivity contribution in [1.29, 1.82) is 5.41 Å². The summed E-state index contributed by atoms with van der Waals surface area (Å²) in [6, 6.07) is 12.5. The van der Waals surface area contributed by atoms with Crippen LogP contribution in [0.3, 0.4) is 0 Å². The monoisotopic (exact) mass is 446 g/mol. The van der Waals surface area contributed by atoms with Crippen molar-refractivity contribution in [3.63, 3.8) is 0 Å². The average molecular weight is 447 g/mol. The van der Waals surface area contributed by atoms with Crippen LogP contribution in [-0.4, -0.2) is 30.4 Å². The molecule has 0 atom stereocenters. The van der Waals surface area contributed by atoms with Crippen molar-refractivity contribution in [2.45, 2.75) is 85.0 Å². The second-order valence-electron chi connectivity index (χ2n) is 8.25. The van der Waals surface area contributed by atoms with Crippen molar-refractivity contribution < 1.29 is 4.74 Å². The average Bonchev–Trinajstić information content (AvgIpc) is 2.77. The summed E-state index contributed by atoms with van der Waals surface area (Å²) in [6.07, 6.45) is 12.7. The van der Waals surface area contributed by atoms with Crippen LogP contribution < -0.4 is 4.74 Å². The Morgan fingerprint density at radius 3 is 1.84 bits per heavy atom. The number of hydrogen-bond acceptors (Lipinski definition) is 2. The third kappa shape index (κ3) is 8.73. The molecular weight excluding hydrogens is 404 g/mol. The van der Waals surface area contributed by atoms with Crippen LogP contribution in [0.5, 0.6) is 5.75 Å². The Labute approximate surface area is 196 Å². The minimum atomic E-state index is 0. The van der Waals surface area contributed by atoms with Crippen LogP contribution >= 0.6 is 12.4 Å². The summed E-state index contributed by atoms with van der Waals surface area (Å²) in [5.74, 6) is 1.58. The van der Waals surface area contributed by atoms with Gasteiger partial charge in [-0.2, -0.15) is 0 Å². The summed E-state index contributed by atoms with van der Waals surface area (Å²) in [4.78, 5) is 2.32. The van der Waals surface area contributed by atoms with Crippen LogP contribution in [0.25, 0.3) is 10.8 Å². The van der Waals surface area contributed by atoms with Crippen molar-refractivity contribution >= 4 is 29.0 Å². The summed E-state index contributed by atoms with van der Waals surface area (Å²) in [6.45, 7) is 9.16. The van der Waals surface area contributed by atoms with Gasteiger partial charge < -0.3 is 9.64 Å². The number of unbranched alkanes of at least 4 members (excludes halogenated alkanes) is 8. The number of hydrogen-bond donors (Lipinski definition) is 1. The molecule has 0 fully saturated rings. The molecular formula is C27H43ClN2O. The van der Waals surface area contributed by atoms with Gasteiger partial charge in [-0.15, -0.1) is 12.4 Å². The van der Waals surface area contributed by atoms with Gasteiger partial charge in [-0.05, 0) is 37.3 Å². The number of amidine groups is 1. The lowest BCUT2D eigenvalue weighted by atomic mass is 10.0. The van der Waals surface area contributed by atoms with E-state index in [-0.39, 0.29) is 12.4 Å². The zero-order valence-electron chi connectivity index (χ0n) is 19.9. The molecule has 0 aromatic heterocycles. The molecule has 0 bridgehead atoms. The summed E-state index contributed by atoms with van der Waals surface area (Å²) < 4.78 is 5.84. The van der Waals surface area contributed by atoms with E-state index < -0.39 is 0 Å². The number of ether oxygens (including phenoxy) is 1. The SMILES string of the molecule is CCCCCCCN(CCCCCCC)C(=N)c1ccc(OCC)c2ccccc12.Cl. The lowest BCUT2D eigenvalue weighted by Gasteiger charge is -2.26. The van der Waals surface area contributed by atoms with Crippen molar-refractivity contribution in [2.75, 3.05) is 19.7 Å². The van der Waals surface area contributed by atoms with Gasteiger partial charge in [-0.1, -0.05) is 89.5 Å². The van der Waals surface area contributed by atoms with Gasteiger partial charge in [0.2, 0.25) is 0 Å². The highest BCUT2D eigenvalue weighted by Gasteiger charge is 2.16. The molecule has 31 heavy (non-hydrogen) atoms. The van der Waals surface area contributed by atoms with E-state index in [4.69, 9.17) is 10.1 Å². The lowest BCUT2D eigenvalue weighted by molar-refractivity contribution is 0.344. The van der Waals surface area contributed by atoms with Gasteiger partial charge >= 0.3 is 0 Å². The largest absolute Gasteiger partial charge is 0.493 e. The molecule has 0 saturated heterocycles. The summed E-state index contributed by atoms with van der Waals surface area (Å²) in [5.41, 5.74) is 1.02. The Morgan fingerprint density at radius 2 is 1.29 bits per heavy atom. The third-order valence-electron chi connectivity index (χ3n) is 5.82. The summed E-state index contributed by atoms with van der Waals surface area (Å²) in [7, 11) is 0. The van der Waals surface area contributed by atoms with Crippen LogP contribution in [0.2, 0.25) is 0 Å². The molecule has 0 aliphatic rings. The fourth-order valence-corrected chi connectivity index (χ4v) is 4.08.